The molecule has 0 radical (unpaired) electrons. The van der Waals surface area contributed by atoms with Crippen LogP contribution in [-0.4, -0.2) is 4.98 Å². The van der Waals surface area contributed by atoms with Gasteiger partial charge in [-0.25, -0.2) is 0 Å². The maximum Gasteiger partial charge on any atom is 0.0711 e. The highest BCUT2D eigenvalue weighted by atomic mass is 14.7. The fourth-order valence-electron chi connectivity index (χ4n) is 3.93. The first-order chi connectivity index (χ1) is 15.3. The number of nitrogens with zero attached hydrogens (tertiary/aromatic N) is 1. The van der Waals surface area contributed by atoms with Crippen molar-refractivity contribution >= 4 is 0 Å². The molecule has 0 unspecified atom stereocenters. The van der Waals surface area contributed by atoms with Gasteiger partial charge in [-0.15, -0.1) is 0 Å². The molecule has 0 saturated carbocycles. The summed E-state index contributed by atoms with van der Waals surface area (Å²) >= 11 is 0. The average Bonchev–Trinajstić information content (AvgIpc) is 2.85. The zero-order chi connectivity index (χ0) is 21.0. The van der Waals surface area contributed by atoms with E-state index in [1.54, 1.807) is 0 Å². The minimum atomic E-state index is 1.00. The molecule has 0 N–H and O–H groups in total. The van der Waals surface area contributed by atoms with Crippen LogP contribution < -0.4 is 0 Å². The van der Waals surface area contributed by atoms with E-state index in [1.165, 1.54) is 33.4 Å². The number of benzene rings is 4. The van der Waals surface area contributed by atoms with E-state index in [0.717, 1.165) is 17.0 Å². The molecule has 148 valence electrons. The molecule has 1 heterocycles. The highest BCUT2D eigenvalue weighted by Gasteiger charge is 2.07. The van der Waals surface area contributed by atoms with Gasteiger partial charge in [0.1, 0.15) is 0 Å². The van der Waals surface area contributed by atoms with Crippen LogP contribution in [0, 0.1) is 6.92 Å². The standard InChI is InChI=1S/C30H23N/c1-22-20-29(27-14-12-25(13-15-27)23-8-4-2-5-9-23)21-30(31-22)28-18-16-26(17-19-28)24-10-6-3-7-11-24/h2-21H,1H3. The third-order valence-corrected chi connectivity index (χ3v) is 5.57. The quantitative estimate of drug-likeness (QED) is 0.299. The van der Waals surface area contributed by atoms with Crippen LogP contribution >= 0.6 is 0 Å². The fraction of sp³-hybridized carbons (Fsp3) is 0.0333. The Bertz CT molecular complexity index is 1190. The van der Waals surface area contributed by atoms with Crippen molar-refractivity contribution in [3.8, 4) is 44.6 Å². The maximum atomic E-state index is 4.80. The Balaban J connectivity index is 1.45. The third kappa shape index (κ3) is 4.17. The number of aryl methyl sites for hydroxylation is 1. The lowest BCUT2D eigenvalue weighted by atomic mass is 9.98. The summed E-state index contributed by atoms with van der Waals surface area (Å²) in [5.41, 5.74) is 10.4. The van der Waals surface area contributed by atoms with Gasteiger partial charge in [0.05, 0.1) is 5.69 Å². The minimum absolute atomic E-state index is 1.00. The van der Waals surface area contributed by atoms with Gasteiger partial charge in [-0.2, -0.15) is 0 Å². The van der Waals surface area contributed by atoms with Crippen LogP contribution in [0.2, 0.25) is 0 Å². The van der Waals surface area contributed by atoms with Gasteiger partial charge in [0.25, 0.3) is 0 Å². The molecular weight excluding hydrogens is 374 g/mol. The summed E-state index contributed by atoms with van der Waals surface area (Å²) in [7, 11) is 0. The van der Waals surface area contributed by atoms with Crippen LogP contribution in [0.25, 0.3) is 44.6 Å². The second-order valence-corrected chi connectivity index (χ2v) is 7.77. The summed E-state index contributed by atoms with van der Waals surface area (Å²) < 4.78 is 0. The van der Waals surface area contributed by atoms with Crippen LogP contribution in [-0.2, 0) is 0 Å². The molecule has 1 nitrogen and oxygen atoms in total. The lowest BCUT2D eigenvalue weighted by Crippen LogP contribution is -1.90. The van der Waals surface area contributed by atoms with Crippen LogP contribution in [0.5, 0.6) is 0 Å². The van der Waals surface area contributed by atoms with E-state index in [4.69, 9.17) is 4.98 Å². The molecule has 0 aliphatic rings. The number of hydrogen-bond donors (Lipinski definition) is 0. The van der Waals surface area contributed by atoms with Gasteiger partial charge >= 0.3 is 0 Å². The van der Waals surface area contributed by atoms with Crippen molar-refractivity contribution in [2.75, 3.05) is 0 Å². The van der Waals surface area contributed by atoms with Gasteiger partial charge in [-0.1, -0.05) is 109 Å². The highest BCUT2D eigenvalue weighted by Crippen LogP contribution is 2.29. The average molecular weight is 398 g/mol. The Labute approximate surface area is 183 Å². The normalized spacial score (nSPS) is 10.7. The van der Waals surface area contributed by atoms with Gasteiger partial charge in [0, 0.05) is 11.3 Å². The Kier molecular flexibility index (Phi) is 5.16. The van der Waals surface area contributed by atoms with Crippen molar-refractivity contribution in [1.82, 2.24) is 4.98 Å². The Morgan fingerprint density at radius 1 is 0.387 bits per heavy atom. The van der Waals surface area contributed by atoms with E-state index in [1.807, 2.05) is 12.1 Å². The highest BCUT2D eigenvalue weighted by molar-refractivity contribution is 5.75. The Hall–Kier alpha value is -3.97. The largest absolute Gasteiger partial charge is 0.253 e. The van der Waals surface area contributed by atoms with Crippen LogP contribution in [0.15, 0.2) is 121 Å². The molecule has 0 aliphatic carbocycles. The van der Waals surface area contributed by atoms with E-state index in [0.29, 0.717) is 0 Å². The van der Waals surface area contributed by atoms with Gasteiger partial charge in [-0.05, 0) is 52.4 Å². The van der Waals surface area contributed by atoms with Crippen molar-refractivity contribution in [1.29, 1.82) is 0 Å². The first-order valence-corrected chi connectivity index (χ1v) is 10.6. The predicted octanol–water partition coefficient (Wildman–Crippen LogP) is 8.06. The smallest absolute Gasteiger partial charge is 0.0711 e. The first kappa shape index (κ1) is 19.0. The molecule has 4 aromatic carbocycles. The molecule has 0 amide bonds. The molecule has 5 rings (SSSR count). The maximum absolute atomic E-state index is 4.80. The second kappa shape index (κ2) is 8.41. The topological polar surface area (TPSA) is 12.9 Å². The summed E-state index contributed by atoms with van der Waals surface area (Å²) in [6.07, 6.45) is 0. The molecule has 1 aromatic heterocycles. The molecule has 0 bridgehead atoms. The molecule has 0 spiro atoms. The molecule has 31 heavy (non-hydrogen) atoms. The van der Waals surface area contributed by atoms with E-state index >= 15 is 0 Å². The molecule has 0 aliphatic heterocycles. The van der Waals surface area contributed by atoms with Crippen LogP contribution in [0.3, 0.4) is 0 Å². The third-order valence-electron chi connectivity index (χ3n) is 5.57. The SMILES string of the molecule is Cc1cc(-c2ccc(-c3ccccc3)cc2)cc(-c2ccc(-c3ccccc3)cc2)n1. The van der Waals surface area contributed by atoms with E-state index < -0.39 is 0 Å². The lowest BCUT2D eigenvalue weighted by molar-refractivity contribution is 1.21. The van der Waals surface area contributed by atoms with Gasteiger partial charge in [0.2, 0.25) is 0 Å². The van der Waals surface area contributed by atoms with Crippen molar-refractivity contribution in [3.63, 3.8) is 0 Å². The summed E-state index contributed by atoms with van der Waals surface area (Å²) in [6, 6.07) is 42.7. The van der Waals surface area contributed by atoms with E-state index in [9.17, 15) is 0 Å². The fourth-order valence-corrected chi connectivity index (χ4v) is 3.93. The first-order valence-electron chi connectivity index (χ1n) is 10.6. The minimum Gasteiger partial charge on any atom is -0.253 e. The predicted molar refractivity (Wildman–Crippen MR) is 131 cm³/mol. The van der Waals surface area contributed by atoms with E-state index in [-0.39, 0.29) is 0 Å². The number of rotatable bonds is 4. The molecule has 1 heteroatoms. The van der Waals surface area contributed by atoms with E-state index in [2.05, 4.69) is 116 Å². The Morgan fingerprint density at radius 2 is 0.774 bits per heavy atom. The molecule has 0 saturated heterocycles. The van der Waals surface area contributed by atoms with Gasteiger partial charge in [0.15, 0.2) is 0 Å². The lowest BCUT2D eigenvalue weighted by Gasteiger charge is -2.10. The molecule has 0 fully saturated rings. The number of aromatic nitrogens is 1. The van der Waals surface area contributed by atoms with Crippen LogP contribution in [0.4, 0.5) is 0 Å². The van der Waals surface area contributed by atoms with Gasteiger partial charge < -0.3 is 0 Å². The zero-order valence-electron chi connectivity index (χ0n) is 17.5. The van der Waals surface area contributed by atoms with Crippen molar-refractivity contribution in [2.45, 2.75) is 6.92 Å². The second-order valence-electron chi connectivity index (χ2n) is 7.77. The van der Waals surface area contributed by atoms with Gasteiger partial charge in [-0.3, -0.25) is 4.98 Å². The zero-order valence-corrected chi connectivity index (χ0v) is 17.5. The monoisotopic (exact) mass is 397 g/mol. The number of hydrogen-bond acceptors (Lipinski definition) is 1. The molecule has 0 atom stereocenters. The van der Waals surface area contributed by atoms with Crippen molar-refractivity contribution in [2.24, 2.45) is 0 Å². The van der Waals surface area contributed by atoms with Crippen molar-refractivity contribution in [3.05, 3.63) is 127 Å². The molecule has 5 aromatic rings. The molecular formula is C30H23N. The summed E-state index contributed by atoms with van der Waals surface area (Å²) in [4.78, 5) is 4.80. The van der Waals surface area contributed by atoms with Crippen LogP contribution in [0.1, 0.15) is 5.69 Å². The Morgan fingerprint density at radius 3 is 1.26 bits per heavy atom. The summed E-state index contributed by atoms with van der Waals surface area (Å²) in [6.45, 7) is 2.06. The summed E-state index contributed by atoms with van der Waals surface area (Å²) in [5, 5.41) is 0. The van der Waals surface area contributed by atoms with Crippen molar-refractivity contribution < 1.29 is 0 Å². The summed E-state index contributed by atoms with van der Waals surface area (Å²) in [5.74, 6) is 0. The number of pyridine rings is 1.